The molecular formula is C16H32N4O3. The average molecular weight is 328 g/mol. The average Bonchev–Trinajstić information content (AvgIpc) is 2.98. The van der Waals surface area contributed by atoms with Crippen molar-refractivity contribution in [1.82, 2.24) is 15.5 Å². The predicted octanol–water partition coefficient (Wildman–Crippen LogP) is 0.461. The van der Waals surface area contributed by atoms with E-state index in [0.29, 0.717) is 26.4 Å². The van der Waals surface area contributed by atoms with E-state index in [0.717, 1.165) is 32.0 Å². The normalized spacial score (nSPS) is 18.6. The van der Waals surface area contributed by atoms with E-state index in [2.05, 4.69) is 15.6 Å². The van der Waals surface area contributed by atoms with Crippen LogP contribution in [0, 0.1) is 5.92 Å². The summed E-state index contributed by atoms with van der Waals surface area (Å²) in [6.07, 6.45) is 0.952. The first-order valence-electron chi connectivity index (χ1n) is 8.48. The third-order valence-electron chi connectivity index (χ3n) is 3.62. The lowest BCUT2D eigenvalue weighted by Crippen LogP contribution is -2.45. The van der Waals surface area contributed by atoms with Gasteiger partial charge in [0.15, 0.2) is 5.96 Å². The van der Waals surface area contributed by atoms with E-state index in [-0.39, 0.29) is 17.9 Å². The van der Waals surface area contributed by atoms with Gasteiger partial charge in [-0.3, -0.25) is 9.79 Å². The summed E-state index contributed by atoms with van der Waals surface area (Å²) >= 11 is 0. The summed E-state index contributed by atoms with van der Waals surface area (Å²) < 4.78 is 10.3. The van der Waals surface area contributed by atoms with Gasteiger partial charge >= 0.3 is 0 Å². The van der Waals surface area contributed by atoms with Crippen molar-refractivity contribution in [2.75, 3.05) is 53.1 Å². The molecule has 1 amide bonds. The topological polar surface area (TPSA) is 75.2 Å². The van der Waals surface area contributed by atoms with Crippen LogP contribution in [0.3, 0.4) is 0 Å². The third-order valence-corrected chi connectivity index (χ3v) is 3.62. The number of nitrogens with zero attached hydrogens (tertiary/aromatic N) is 2. The predicted molar refractivity (Wildman–Crippen MR) is 91.6 cm³/mol. The standard InChI is InChI=1S/C16H32N4O3/c1-5-17-16(18-7-9-23-11-10-22-4)19-14-6-8-20(12-14)15(21)13(2)3/h13-14H,5-12H2,1-4H3,(H2,17,18,19). The number of hydrogen-bond acceptors (Lipinski definition) is 4. The summed E-state index contributed by atoms with van der Waals surface area (Å²) in [5.74, 6) is 1.06. The summed E-state index contributed by atoms with van der Waals surface area (Å²) in [6, 6.07) is 0.255. The molecule has 0 spiro atoms. The van der Waals surface area contributed by atoms with Crippen molar-refractivity contribution in [1.29, 1.82) is 0 Å². The van der Waals surface area contributed by atoms with Gasteiger partial charge in [0, 0.05) is 38.7 Å². The molecule has 23 heavy (non-hydrogen) atoms. The number of ether oxygens (including phenoxy) is 2. The first-order chi connectivity index (χ1) is 11.1. The first kappa shape index (κ1) is 19.7. The maximum absolute atomic E-state index is 12.0. The van der Waals surface area contributed by atoms with E-state index >= 15 is 0 Å². The molecule has 1 saturated heterocycles. The maximum Gasteiger partial charge on any atom is 0.225 e. The van der Waals surface area contributed by atoms with Crippen LogP contribution >= 0.6 is 0 Å². The first-order valence-corrected chi connectivity index (χ1v) is 8.48. The highest BCUT2D eigenvalue weighted by atomic mass is 16.5. The number of carbonyl (C=O) groups is 1. The van der Waals surface area contributed by atoms with Gasteiger partial charge in [0.05, 0.1) is 26.4 Å². The summed E-state index contributed by atoms with van der Waals surface area (Å²) in [5.41, 5.74) is 0. The molecule has 1 unspecified atom stereocenters. The monoisotopic (exact) mass is 328 g/mol. The fraction of sp³-hybridized carbons (Fsp3) is 0.875. The van der Waals surface area contributed by atoms with Gasteiger partial charge in [-0.05, 0) is 13.3 Å². The molecule has 1 aliphatic heterocycles. The Hall–Kier alpha value is -1.34. The van der Waals surface area contributed by atoms with Crippen molar-refractivity contribution >= 4 is 11.9 Å². The fourth-order valence-corrected chi connectivity index (χ4v) is 2.42. The Kier molecular flexibility index (Phi) is 9.63. The van der Waals surface area contributed by atoms with Crippen LogP contribution in [0.15, 0.2) is 4.99 Å². The van der Waals surface area contributed by atoms with Gasteiger partial charge in [0.2, 0.25) is 5.91 Å². The highest BCUT2D eigenvalue weighted by Gasteiger charge is 2.27. The quantitative estimate of drug-likeness (QED) is 0.365. The van der Waals surface area contributed by atoms with Crippen molar-refractivity contribution in [3.05, 3.63) is 0 Å². The van der Waals surface area contributed by atoms with Crippen molar-refractivity contribution in [2.24, 2.45) is 10.9 Å². The van der Waals surface area contributed by atoms with E-state index in [1.165, 1.54) is 0 Å². The largest absolute Gasteiger partial charge is 0.382 e. The highest BCUT2D eigenvalue weighted by Crippen LogP contribution is 2.12. The van der Waals surface area contributed by atoms with E-state index in [9.17, 15) is 4.79 Å². The number of guanidine groups is 1. The number of aliphatic imine (C=N–C) groups is 1. The molecule has 0 bridgehead atoms. The van der Waals surface area contributed by atoms with Crippen LogP contribution in [-0.2, 0) is 14.3 Å². The molecule has 134 valence electrons. The van der Waals surface area contributed by atoms with Gasteiger partial charge in [-0.25, -0.2) is 0 Å². The lowest BCUT2D eigenvalue weighted by Gasteiger charge is -2.20. The Balaban J connectivity index is 2.36. The lowest BCUT2D eigenvalue weighted by molar-refractivity contribution is -0.133. The van der Waals surface area contributed by atoms with Crippen LogP contribution in [0.1, 0.15) is 27.2 Å². The number of methoxy groups -OCH3 is 1. The second kappa shape index (κ2) is 11.2. The molecule has 1 fully saturated rings. The second-order valence-corrected chi connectivity index (χ2v) is 5.93. The number of rotatable bonds is 9. The number of carbonyl (C=O) groups excluding carboxylic acids is 1. The van der Waals surface area contributed by atoms with Gasteiger partial charge in [-0.2, -0.15) is 0 Å². The minimum absolute atomic E-state index is 0.0555. The Morgan fingerprint density at radius 3 is 2.78 bits per heavy atom. The molecule has 0 aromatic carbocycles. The Labute approximate surface area is 139 Å². The SMILES string of the molecule is CCNC(=NCCOCCOC)NC1CCN(C(=O)C(C)C)C1. The fourth-order valence-electron chi connectivity index (χ4n) is 2.42. The van der Waals surface area contributed by atoms with E-state index in [1.807, 2.05) is 25.7 Å². The van der Waals surface area contributed by atoms with Gasteiger partial charge in [-0.15, -0.1) is 0 Å². The van der Waals surface area contributed by atoms with Crippen LogP contribution in [0.2, 0.25) is 0 Å². The molecule has 1 heterocycles. The second-order valence-electron chi connectivity index (χ2n) is 5.93. The zero-order chi connectivity index (χ0) is 17.1. The summed E-state index contributed by atoms with van der Waals surface area (Å²) in [4.78, 5) is 18.5. The van der Waals surface area contributed by atoms with Crippen LogP contribution in [0.5, 0.6) is 0 Å². The molecule has 0 saturated carbocycles. The Morgan fingerprint density at radius 1 is 1.35 bits per heavy atom. The summed E-state index contributed by atoms with van der Waals surface area (Å²) in [5, 5.41) is 6.64. The molecule has 1 rings (SSSR count). The van der Waals surface area contributed by atoms with Crippen molar-refractivity contribution in [3.8, 4) is 0 Å². The minimum Gasteiger partial charge on any atom is -0.382 e. The molecule has 2 N–H and O–H groups in total. The molecule has 0 aliphatic carbocycles. The summed E-state index contributed by atoms with van der Waals surface area (Å²) in [7, 11) is 1.66. The third kappa shape index (κ3) is 7.65. The number of likely N-dealkylation sites (tertiary alicyclic amines) is 1. The highest BCUT2D eigenvalue weighted by molar-refractivity contribution is 5.81. The molecule has 0 radical (unpaired) electrons. The number of hydrogen-bond donors (Lipinski definition) is 2. The van der Waals surface area contributed by atoms with Crippen LogP contribution in [0.25, 0.3) is 0 Å². The number of nitrogens with one attached hydrogen (secondary N) is 2. The Morgan fingerprint density at radius 2 is 2.13 bits per heavy atom. The van der Waals surface area contributed by atoms with Crippen molar-refractivity contribution in [2.45, 2.75) is 33.2 Å². The molecule has 1 atom stereocenters. The molecule has 0 aromatic rings. The molecule has 1 aliphatic rings. The van der Waals surface area contributed by atoms with Gasteiger partial charge in [0.1, 0.15) is 0 Å². The zero-order valence-corrected chi connectivity index (χ0v) is 14.9. The van der Waals surface area contributed by atoms with E-state index in [4.69, 9.17) is 9.47 Å². The van der Waals surface area contributed by atoms with Gasteiger partial charge < -0.3 is 25.0 Å². The van der Waals surface area contributed by atoms with Gasteiger partial charge in [0.25, 0.3) is 0 Å². The van der Waals surface area contributed by atoms with Crippen LogP contribution in [0.4, 0.5) is 0 Å². The zero-order valence-electron chi connectivity index (χ0n) is 14.9. The van der Waals surface area contributed by atoms with Crippen LogP contribution in [-0.4, -0.2) is 75.9 Å². The Bertz CT molecular complexity index is 374. The van der Waals surface area contributed by atoms with Crippen LogP contribution < -0.4 is 10.6 Å². The van der Waals surface area contributed by atoms with Crippen molar-refractivity contribution in [3.63, 3.8) is 0 Å². The molecule has 7 nitrogen and oxygen atoms in total. The smallest absolute Gasteiger partial charge is 0.225 e. The lowest BCUT2D eigenvalue weighted by atomic mass is 10.2. The minimum atomic E-state index is 0.0555. The van der Waals surface area contributed by atoms with E-state index in [1.54, 1.807) is 7.11 Å². The van der Waals surface area contributed by atoms with Gasteiger partial charge in [-0.1, -0.05) is 13.8 Å². The van der Waals surface area contributed by atoms with Crippen molar-refractivity contribution < 1.29 is 14.3 Å². The molecular weight excluding hydrogens is 296 g/mol. The summed E-state index contributed by atoms with van der Waals surface area (Å²) in [6.45, 7) is 10.6. The van der Waals surface area contributed by atoms with E-state index < -0.39 is 0 Å². The maximum atomic E-state index is 12.0. The number of amides is 1. The molecule has 0 aromatic heterocycles. The molecule has 7 heteroatoms.